The molecule has 1 saturated heterocycles. The van der Waals surface area contributed by atoms with Gasteiger partial charge in [0.25, 0.3) is 0 Å². The van der Waals surface area contributed by atoms with Crippen LogP contribution in [-0.2, 0) is 21.5 Å². The molecule has 2 atom stereocenters. The van der Waals surface area contributed by atoms with E-state index in [0.717, 1.165) is 29.7 Å². The van der Waals surface area contributed by atoms with Gasteiger partial charge in [-0.2, -0.15) is 5.26 Å². The summed E-state index contributed by atoms with van der Waals surface area (Å²) in [7, 11) is 1.62. The van der Waals surface area contributed by atoms with Crippen molar-refractivity contribution in [2.45, 2.75) is 70.4 Å². The van der Waals surface area contributed by atoms with E-state index < -0.39 is 11.5 Å². The van der Waals surface area contributed by atoms with Crippen LogP contribution in [0.1, 0.15) is 63.5 Å². The third-order valence-corrected chi connectivity index (χ3v) is 7.16. The van der Waals surface area contributed by atoms with Crippen LogP contribution in [0.25, 0.3) is 0 Å². The second-order valence-corrected chi connectivity index (χ2v) is 9.63. The first-order valence-electron chi connectivity index (χ1n) is 12.6. The van der Waals surface area contributed by atoms with Gasteiger partial charge in [-0.25, -0.2) is 0 Å². The van der Waals surface area contributed by atoms with E-state index >= 15 is 0 Å². The van der Waals surface area contributed by atoms with Gasteiger partial charge in [-0.1, -0.05) is 62.7 Å². The second-order valence-electron chi connectivity index (χ2n) is 9.63. The molecule has 1 N–H and O–H groups in total. The molecule has 0 aliphatic carbocycles. The van der Waals surface area contributed by atoms with Crippen molar-refractivity contribution in [3.05, 3.63) is 65.7 Å². The van der Waals surface area contributed by atoms with Crippen molar-refractivity contribution in [3.8, 4) is 11.8 Å². The fourth-order valence-electron chi connectivity index (χ4n) is 5.00. The maximum absolute atomic E-state index is 13.0. The van der Waals surface area contributed by atoms with Gasteiger partial charge in [-0.15, -0.1) is 0 Å². The lowest BCUT2D eigenvalue weighted by Gasteiger charge is -2.31. The summed E-state index contributed by atoms with van der Waals surface area (Å²) in [6.45, 7) is 5.19. The maximum Gasteiger partial charge on any atom is 0.243 e. The summed E-state index contributed by atoms with van der Waals surface area (Å²) in [6.07, 6.45) is 4.12. The van der Waals surface area contributed by atoms with Crippen LogP contribution in [-0.4, -0.2) is 36.4 Å². The van der Waals surface area contributed by atoms with Gasteiger partial charge in [0.1, 0.15) is 11.8 Å². The molecule has 1 fully saturated rings. The Balaban J connectivity index is 1.51. The number of hydrogen-bond donors (Lipinski definition) is 1. The van der Waals surface area contributed by atoms with E-state index in [-0.39, 0.29) is 17.7 Å². The Hall–Kier alpha value is -3.33. The molecule has 35 heavy (non-hydrogen) atoms. The highest BCUT2D eigenvalue weighted by atomic mass is 16.5. The van der Waals surface area contributed by atoms with E-state index in [1.165, 1.54) is 0 Å². The fraction of sp³-hybridized carbons (Fsp3) is 0.483. The zero-order chi connectivity index (χ0) is 25.3. The van der Waals surface area contributed by atoms with Gasteiger partial charge in [0.2, 0.25) is 11.8 Å². The number of carbonyl (C=O) groups is 2. The molecule has 0 radical (unpaired) electrons. The number of hydrogen-bond acceptors (Lipinski definition) is 4. The normalized spacial score (nSPS) is 17.0. The molecule has 1 aliphatic rings. The predicted molar refractivity (Wildman–Crippen MR) is 137 cm³/mol. The maximum atomic E-state index is 13.0. The molecule has 2 aromatic rings. The number of likely N-dealkylation sites (tertiary alicyclic amines) is 1. The van der Waals surface area contributed by atoms with E-state index in [0.29, 0.717) is 38.8 Å². The summed E-state index contributed by atoms with van der Waals surface area (Å²) in [4.78, 5) is 27.6. The van der Waals surface area contributed by atoms with Crippen molar-refractivity contribution in [1.82, 2.24) is 10.2 Å². The number of carbonyl (C=O) groups excluding carboxylic acids is 2. The summed E-state index contributed by atoms with van der Waals surface area (Å²) in [6, 6.07) is 19.7. The summed E-state index contributed by atoms with van der Waals surface area (Å²) < 4.78 is 5.24. The minimum atomic E-state index is -0.555. The standard InChI is InChI=1S/C29H37N3O3/c1-22(2)29(21-30,24-12-5-4-6-13-24)17-8-7-16-27(33)32-18-10-15-26(32)28(34)31-20-23-11-9-14-25(19-23)35-3/h4-6,9,11-14,19,22,26H,7-8,10,15-18,20H2,1-3H3,(H,31,34)/t26-,29+/m1/s1. The first kappa shape index (κ1) is 26.3. The molecule has 0 spiro atoms. The van der Waals surface area contributed by atoms with Gasteiger partial charge in [0.15, 0.2) is 0 Å². The van der Waals surface area contributed by atoms with Gasteiger partial charge in [0.05, 0.1) is 18.6 Å². The van der Waals surface area contributed by atoms with Gasteiger partial charge >= 0.3 is 0 Å². The van der Waals surface area contributed by atoms with Crippen molar-refractivity contribution in [1.29, 1.82) is 5.26 Å². The Morgan fingerprint density at radius 1 is 1.17 bits per heavy atom. The second kappa shape index (κ2) is 12.4. The van der Waals surface area contributed by atoms with Gasteiger partial charge < -0.3 is 15.0 Å². The van der Waals surface area contributed by atoms with E-state index in [1.54, 1.807) is 12.0 Å². The van der Waals surface area contributed by atoms with Gasteiger partial charge in [-0.3, -0.25) is 9.59 Å². The summed E-state index contributed by atoms with van der Waals surface area (Å²) in [5.41, 5.74) is 1.44. The third-order valence-electron chi connectivity index (χ3n) is 7.16. The van der Waals surface area contributed by atoms with Crippen LogP contribution < -0.4 is 10.1 Å². The molecular weight excluding hydrogens is 438 g/mol. The van der Waals surface area contributed by atoms with Crippen LogP contribution >= 0.6 is 0 Å². The lowest BCUT2D eigenvalue weighted by molar-refractivity contribution is -0.138. The Kier molecular flexibility index (Phi) is 9.31. The average Bonchev–Trinajstić information content (AvgIpc) is 3.38. The number of nitriles is 1. The minimum absolute atomic E-state index is 0.0239. The number of ether oxygens (including phenoxy) is 1. The van der Waals surface area contributed by atoms with Gasteiger partial charge in [-0.05, 0) is 54.9 Å². The zero-order valence-corrected chi connectivity index (χ0v) is 21.1. The molecule has 1 heterocycles. The lowest BCUT2D eigenvalue weighted by Crippen LogP contribution is -2.45. The predicted octanol–water partition coefficient (Wildman–Crippen LogP) is 4.98. The fourth-order valence-corrected chi connectivity index (χ4v) is 5.00. The van der Waals surface area contributed by atoms with Crippen molar-refractivity contribution in [2.75, 3.05) is 13.7 Å². The Morgan fingerprint density at radius 2 is 1.94 bits per heavy atom. The number of nitrogens with zero attached hydrogens (tertiary/aromatic N) is 2. The van der Waals surface area contributed by atoms with Crippen LogP contribution in [0.2, 0.25) is 0 Å². The SMILES string of the molecule is COc1cccc(CNC(=O)[C@H]2CCCN2C(=O)CCCC[C@@](C#N)(c2ccccc2)C(C)C)c1. The first-order chi connectivity index (χ1) is 16.9. The van der Waals surface area contributed by atoms with E-state index in [4.69, 9.17) is 4.74 Å². The Bertz CT molecular complexity index is 1030. The zero-order valence-electron chi connectivity index (χ0n) is 21.1. The highest BCUT2D eigenvalue weighted by Crippen LogP contribution is 2.37. The van der Waals surface area contributed by atoms with Crippen molar-refractivity contribution in [3.63, 3.8) is 0 Å². The van der Waals surface area contributed by atoms with Crippen molar-refractivity contribution in [2.24, 2.45) is 5.92 Å². The largest absolute Gasteiger partial charge is 0.497 e. The molecule has 0 aromatic heterocycles. The molecule has 1 aliphatic heterocycles. The van der Waals surface area contributed by atoms with Crippen LogP contribution in [0.15, 0.2) is 54.6 Å². The molecule has 186 valence electrons. The number of rotatable bonds is 11. The Labute approximate surface area is 209 Å². The number of nitrogens with one attached hydrogen (secondary N) is 1. The van der Waals surface area contributed by atoms with Crippen LogP contribution in [0, 0.1) is 17.2 Å². The summed E-state index contributed by atoms with van der Waals surface area (Å²) in [5.74, 6) is 0.836. The number of amides is 2. The molecule has 2 amide bonds. The van der Waals surface area contributed by atoms with Gasteiger partial charge in [0, 0.05) is 19.5 Å². The molecule has 2 aromatic carbocycles. The first-order valence-corrected chi connectivity index (χ1v) is 12.6. The molecule has 3 rings (SSSR count). The highest BCUT2D eigenvalue weighted by molar-refractivity contribution is 5.88. The molecule has 0 unspecified atom stereocenters. The van der Waals surface area contributed by atoms with E-state index in [9.17, 15) is 14.9 Å². The number of methoxy groups -OCH3 is 1. The molecule has 0 saturated carbocycles. The topological polar surface area (TPSA) is 82.4 Å². The van der Waals surface area contributed by atoms with Crippen molar-refractivity contribution >= 4 is 11.8 Å². The molecule has 6 heteroatoms. The quantitative estimate of drug-likeness (QED) is 0.465. The Morgan fingerprint density at radius 3 is 2.63 bits per heavy atom. The smallest absolute Gasteiger partial charge is 0.243 e. The molecule has 0 bridgehead atoms. The highest BCUT2D eigenvalue weighted by Gasteiger charge is 2.36. The molecular formula is C29H37N3O3. The van der Waals surface area contributed by atoms with E-state index in [2.05, 4.69) is 25.2 Å². The summed E-state index contributed by atoms with van der Waals surface area (Å²) in [5, 5.41) is 13.0. The van der Waals surface area contributed by atoms with Crippen molar-refractivity contribution < 1.29 is 14.3 Å². The van der Waals surface area contributed by atoms with Crippen LogP contribution in [0.4, 0.5) is 0 Å². The number of benzene rings is 2. The minimum Gasteiger partial charge on any atom is -0.497 e. The lowest BCUT2D eigenvalue weighted by atomic mass is 9.69. The molecule has 6 nitrogen and oxygen atoms in total. The number of unbranched alkanes of at least 4 members (excludes halogenated alkanes) is 1. The monoisotopic (exact) mass is 475 g/mol. The third kappa shape index (κ3) is 6.42. The van der Waals surface area contributed by atoms with E-state index in [1.807, 2.05) is 54.6 Å². The average molecular weight is 476 g/mol. The summed E-state index contributed by atoms with van der Waals surface area (Å²) >= 11 is 0. The van der Waals surface area contributed by atoms with Crippen LogP contribution in [0.5, 0.6) is 5.75 Å². The van der Waals surface area contributed by atoms with Crippen LogP contribution in [0.3, 0.4) is 0 Å².